The van der Waals surface area contributed by atoms with Crippen LogP contribution in [0.2, 0.25) is 0 Å². The molecule has 0 spiro atoms. The van der Waals surface area contributed by atoms with Crippen molar-refractivity contribution in [3.05, 3.63) is 23.3 Å². The van der Waals surface area contributed by atoms with Crippen LogP contribution in [-0.4, -0.2) is 33.6 Å². The van der Waals surface area contributed by atoms with Crippen LogP contribution >= 0.6 is 0 Å². The molecular formula is C14H21N5O2. The minimum Gasteiger partial charge on any atom is -0.379 e. The highest BCUT2D eigenvalue weighted by atomic mass is 16.5. The highest BCUT2D eigenvalue weighted by molar-refractivity contribution is 5.56. The van der Waals surface area contributed by atoms with Crippen molar-refractivity contribution in [3.8, 4) is 11.5 Å². The number of hydrogen-bond acceptors (Lipinski definition) is 7. The van der Waals surface area contributed by atoms with Crippen LogP contribution in [0.5, 0.6) is 0 Å². The molecule has 7 nitrogen and oxygen atoms in total. The molecule has 1 unspecified atom stereocenters. The maximum Gasteiger partial charge on any atom is 0.259 e. The molecular weight excluding hydrogens is 270 g/mol. The Labute approximate surface area is 123 Å². The maximum absolute atomic E-state index is 5.99. The van der Waals surface area contributed by atoms with Gasteiger partial charge in [-0.05, 0) is 25.8 Å². The number of rotatable bonds is 7. The Bertz CT molecular complexity index is 584. The lowest BCUT2D eigenvalue weighted by atomic mass is 10.1. The summed E-state index contributed by atoms with van der Waals surface area (Å²) in [7, 11) is 0. The van der Waals surface area contributed by atoms with E-state index < -0.39 is 6.04 Å². The molecule has 1 atom stereocenters. The number of aryl methyl sites for hydroxylation is 2. The van der Waals surface area contributed by atoms with E-state index in [9.17, 15) is 0 Å². The molecule has 0 aromatic carbocycles. The molecule has 0 aliphatic rings. The van der Waals surface area contributed by atoms with Gasteiger partial charge in [0.2, 0.25) is 0 Å². The highest BCUT2D eigenvalue weighted by Crippen LogP contribution is 2.22. The fraction of sp³-hybridized carbons (Fsp3) is 0.571. The molecule has 2 aromatic rings. The Morgan fingerprint density at radius 3 is 2.86 bits per heavy atom. The van der Waals surface area contributed by atoms with Crippen LogP contribution in [0.25, 0.3) is 11.5 Å². The van der Waals surface area contributed by atoms with Crippen LogP contribution in [0.1, 0.15) is 43.5 Å². The third-order valence-corrected chi connectivity index (χ3v) is 2.98. The van der Waals surface area contributed by atoms with E-state index in [-0.39, 0.29) is 0 Å². The van der Waals surface area contributed by atoms with Gasteiger partial charge in [0.1, 0.15) is 0 Å². The molecule has 2 aromatic heterocycles. The van der Waals surface area contributed by atoms with Gasteiger partial charge in [-0.3, -0.25) is 0 Å². The molecule has 0 fully saturated rings. The number of nitrogens with two attached hydrogens (primary N) is 1. The average Bonchev–Trinajstić information content (AvgIpc) is 2.97. The van der Waals surface area contributed by atoms with E-state index in [2.05, 4.69) is 20.3 Å². The van der Waals surface area contributed by atoms with Crippen LogP contribution in [0.3, 0.4) is 0 Å². The predicted molar refractivity (Wildman–Crippen MR) is 77.5 cm³/mol. The van der Waals surface area contributed by atoms with Gasteiger partial charge < -0.3 is 15.0 Å². The molecule has 7 heteroatoms. The molecule has 0 aliphatic carbocycles. The average molecular weight is 291 g/mol. The summed E-state index contributed by atoms with van der Waals surface area (Å²) in [5, 5.41) is 12.1. The van der Waals surface area contributed by atoms with E-state index in [0.29, 0.717) is 24.9 Å². The maximum atomic E-state index is 5.99. The first-order valence-corrected chi connectivity index (χ1v) is 7.16. The number of hydrogen-bond donors (Lipinski definition) is 1. The van der Waals surface area contributed by atoms with Crippen LogP contribution in [0.15, 0.2) is 10.6 Å². The fourth-order valence-corrected chi connectivity index (χ4v) is 1.88. The van der Waals surface area contributed by atoms with Gasteiger partial charge in [0.25, 0.3) is 5.89 Å². The van der Waals surface area contributed by atoms with Gasteiger partial charge in [-0.25, -0.2) is 0 Å². The molecule has 0 saturated carbocycles. The lowest BCUT2D eigenvalue weighted by Gasteiger charge is -2.06. The monoisotopic (exact) mass is 291 g/mol. The summed E-state index contributed by atoms with van der Waals surface area (Å²) in [6.07, 6.45) is 1.69. The lowest BCUT2D eigenvalue weighted by molar-refractivity contribution is 0.119. The van der Waals surface area contributed by atoms with Gasteiger partial charge in [-0.15, -0.1) is 0 Å². The molecule has 2 N–H and O–H groups in total. The van der Waals surface area contributed by atoms with E-state index in [4.69, 9.17) is 15.0 Å². The van der Waals surface area contributed by atoms with Crippen molar-refractivity contribution in [2.24, 2.45) is 5.73 Å². The Hall–Kier alpha value is -1.86. The molecule has 21 heavy (non-hydrogen) atoms. The second-order valence-electron chi connectivity index (χ2n) is 4.84. The van der Waals surface area contributed by atoms with Crippen LogP contribution < -0.4 is 5.73 Å². The van der Waals surface area contributed by atoms with Gasteiger partial charge in [0, 0.05) is 6.61 Å². The summed E-state index contributed by atoms with van der Waals surface area (Å²) >= 11 is 0. The summed E-state index contributed by atoms with van der Waals surface area (Å²) in [4.78, 5) is 4.36. The molecule has 0 radical (unpaired) electrons. The smallest absolute Gasteiger partial charge is 0.259 e. The first-order valence-electron chi connectivity index (χ1n) is 7.16. The molecule has 0 aliphatic heterocycles. The van der Waals surface area contributed by atoms with Crippen molar-refractivity contribution in [2.75, 3.05) is 13.2 Å². The summed E-state index contributed by atoms with van der Waals surface area (Å²) in [5.74, 6) is 0.864. The third kappa shape index (κ3) is 3.83. The van der Waals surface area contributed by atoms with Gasteiger partial charge in [0.15, 0.2) is 5.82 Å². The Kier molecular flexibility index (Phi) is 5.35. The van der Waals surface area contributed by atoms with Crippen molar-refractivity contribution in [1.82, 2.24) is 20.3 Å². The number of nitrogens with zero attached hydrogens (tertiary/aromatic N) is 4. The van der Waals surface area contributed by atoms with Gasteiger partial charge in [-0.1, -0.05) is 19.0 Å². The Balaban J connectivity index is 2.18. The molecule has 2 rings (SSSR count). The zero-order valence-corrected chi connectivity index (χ0v) is 12.7. The van der Waals surface area contributed by atoms with Gasteiger partial charge >= 0.3 is 0 Å². The van der Waals surface area contributed by atoms with Crippen molar-refractivity contribution in [1.29, 1.82) is 0 Å². The normalized spacial score (nSPS) is 12.6. The zero-order valence-electron chi connectivity index (χ0n) is 12.7. The highest BCUT2D eigenvalue weighted by Gasteiger charge is 2.18. The van der Waals surface area contributed by atoms with E-state index >= 15 is 0 Å². The van der Waals surface area contributed by atoms with E-state index in [1.54, 1.807) is 0 Å². The second-order valence-corrected chi connectivity index (χ2v) is 4.84. The van der Waals surface area contributed by atoms with Crippen LogP contribution in [0.4, 0.5) is 0 Å². The molecule has 114 valence electrons. The molecule has 0 saturated heterocycles. The Morgan fingerprint density at radius 2 is 2.14 bits per heavy atom. The second kappa shape index (κ2) is 7.24. The van der Waals surface area contributed by atoms with E-state index in [1.807, 2.05) is 26.8 Å². The fourth-order valence-electron chi connectivity index (χ4n) is 1.88. The molecule has 0 amide bonds. The van der Waals surface area contributed by atoms with Crippen molar-refractivity contribution < 1.29 is 9.26 Å². The minimum absolute atomic E-state index is 0.376. The quantitative estimate of drug-likeness (QED) is 0.776. The summed E-state index contributed by atoms with van der Waals surface area (Å²) in [6, 6.07) is 1.50. The van der Waals surface area contributed by atoms with Crippen molar-refractivity contribution in [2.45, 2.75) is 39.7 Å². The SMILES string of the molecule is CCCOCC(N)c1noc(-c2cc(C)nnc2CC)n1. The summed E-state index contributed by atoms with van der Waals surface area (Å²) in [6.45, 7) is 6.97. The first kappa shape index (κ1) is 15.5. The molecule has 2 heterocycles. The van der Waals surface area contributed by atoms with Crippen LogP contribution in [-0.2, 0) is 11.2 Å². The van der Waals surface area contributed by atoms with Gasteiger partial charge in [0.05, 0.1) is 29.6 Å². The third-order valence-electron chi connectivity index (χ3n) is 2.98. The van der Waals surface area contributed by atoms with Crippen molar-refractivity contribution >= 4 is 0 Å². The number of aromatic nitrogens is 4. The summed E-state index contributed by atoms with van der Waals surface area (Å²) in [5.41, 5.74) is 8.43. The predicted octanol–water partition coefficient (Wildman–Crippen LogP) is 1.82. The zero-order chi connectivity index (χ0) is 15.2. The van der Waals surface area contributed by atoms with Crippen LogP contribution in [0, 0.1) is 6.92 Å². The minimum atomic E-state index is -0.394. The number of ether oxygens (including phenoxy) is 1. The lowest BCUT2D eigenvalue weighted by Crippen LogP contribution is -2.18. The largest absolute Gasteiger partial charge is 0.379 e. The topological polar surface area (TPSA) is 100.0 Å². The van der Waals surface area contributed by atoms with E-state index in [1.165, 1.54) is 0 Å². The standard InChI is InChI=1S/C14H21N5O2/c1-4-6-20-8-11(15)13-16-14(21-19-13)10-7-9(3)17-18-12(10)5-2/h7,11H,4-6,8,15H2,1-3H3. The van der Waals surface area contributed by atoms with E-state index in [0.717, 1.165) is 29.8 Å². The Morgan fingerprint density at radius 1 is 1.33 bits per heavy atom. The molecule has 0 bridgehead atoms. The van der Waals surface area contributed by atoms with Crippen molar-refractivity contribution in [3.63, 3.8) is 0 Å². The summed E-state index contributed by atoms with van der Waals surface area (Å²) < 4.78 is 10.7. The first-order chi connectivity index (χ1) is 10.2. The van der Waals surface area contributed by atoms with Gasteiger partial charge in [-0.2, -0.15) is 15.2 Å².